The number of carbonyl (C=O) groups excluding carboxylic acids is 1. The van der Waals surface area contributed by atoms with Crippen molar-refractivity contribution >= 4 is 56.0 Å². The molecule has 1 amide bonds. The second kappa shape index (κ2) is 9.63. The Hall–Kier alpha value is -3.03. The largest absolute Gasteiger partial charge is 0.436 e. The monoisotopic (exact) mass is 507 g/mol. The van der Waals surface area contributed by atoms with Crippen molar-refractivity contribution in [1.29, 1.82) is 0 Å². The van der Waals surface area contributed by atoms with Crippen molar-refractivity contribution in [2.24, 2.45) is 0 Å². The Labute approximate surface area is 200 Å². The van der Waals surface area contributed by atoms with Crippen molar-refractivity contribution in [2.45, 2.75) is 26.2 Å². The van der Waals surface area contributed by atoms with E-state index >= 15 is 0 Å². The number of nitrogens with zero attached hydrogens (tertiary/aromatic N) is 1. The molecule has 0 radical (unpaired) electrons. The van der Waals surface area contributed by atoms with Gasteiger partial charge in [0.1, 0.15) is 5.52 Å². The minimum absolute atomic E-state index is 0.211. The third-order valence-electron chi connectivity index (χ3n) is 5.27. The lowest BCUT2D eigenvalue weighted by Gasteiger charge is -2.10. The average molecular weight is 508 g/mol. The van der Waals surface area contributed by atoms with Gasteiger partial charge in [-0.25, -0.2) is 4.98 Å². The van der Waals surface area contributed by atoms with E-state index in [9.17, 15) is 4.79 Å². The summed E-state index contributed by atoms with van der Waals surface area (Å²) in [6.45, 7) is 4.38. The molecule has 1 heterocycles. The molecule has 4 aromatic rings. The number of halogens is 1. The van der Waals surface area contributed by atoms with Gasteiger partial charge in [0.15, 0.2) is 10.7 Å². The molecule has 5 nitrogen and oxygen atoms in total. The van der Waals surface area contributed by atoms with Crippen molar-refractivity contribution in [3.63, 3.8) is 0 Å². The lowest BCUT2D eigenvalue weighted by Crippen LogP contribution is -2.34. The molecular weight excluding hydrogens is 486 g/mol. The number of carbonyl (C=O) groups is 1. The van der Waals surface area contributed by atoms with E-state index in [4.69, 9.17) is 16.6 Å². The van der Waals surface area contributed by atoms with Crippen LogP contribution in [0, 0.1) is 0 Å². The maximum Gasteiger partial charge on any atom is 0.257 e. The lowest BCUT2D eigenvalue weighted by molar-refractivity contribution is 0.0977. The molecule has 1 atom stereocenters. The fraction of sp³-hybridized carbons (Fsp3) is 0.160. The number of aromatic nitrogens is 1. The normalized spacial score (nSPS) is 11.8. The number of anilines is 1. The summed E-state index contributed by atoms with van der Waals surface area (Å²) in [5, 5.41) is 5.96. The van der Waals surface area contributed by atoms with Gasteiger partial charge in [-0.1, -0.05) is 48.0 Å². The van der Waals surface area contributed by atoms with E-state index in [1.807, 2.05) is 36.4 Å². The molecule has 0 saturated heterocycles. The maximum absolute atomic E-state index is 12.4. The first-order valence-electron chi connectivity index (χ1n) is 10.3. The Morgan fingerprint density at radius 1 is 1.12 bits per heavy atom. The van der Waals surface area contributed by atoms with E-state index in [1.165, 1.54) is 5.56 Å². The molecule has 0 unspecified atom stereocenters. The molecule has 32 heavy (non-hydrogen) atoms. The number of rotatable bonds is 5. The fourth-order valence-electron chi connectivity index (χ4n) is 3.31. The number of hydrogen-bond acceptors (Lipinski definition) is 4. The van der Waals surface area contributed by atoms with Gasteiger partial charge in [0.05, 0.1) is 0 Å². The van der Waals surface area contributed by atoms with Gasteiger partial charge in [-0.05, 0) is 78.7 Å². The number of fused-ring (bicyclic) bond motifs is 1. The predicted octanol–water partition coefficient (Wildman–Crippen LogP) is 6.90. The van der Waals surface area contributed by atoms with E-state index in [0.29, 0.717) is 17.4 Å². The topological polar surface area (TPSA) is 67.2 Å². The highest BCUT2D eigenvalue weighted by atomic mass is 79.9. The Kier molecular flexibility index (Phi) is 6.67. The zero-order valence-electron chi connectivity index (χ0n) is 17.7. The number of hydrogen-bond donors (Lipinski definition) is 2. The van der Waals surface area contributed by atoms with Crippen molar-refractivity contribution < 1.29 is 9.21 Å². The van der Waals surface area contributed by atoms with Gasteiger partial charge in [-0.15, -0.1) is 0 Å². The molecule has 0 fully saturated rings. The van der Waals surface area contributed by atoms with Gasteiger partial charge >= 0.3 is 0 Å². The minimum atomic E-state index is -0.281. The number of benzene rings is 3. The third kappa shape index (κ3) is 5.06. The Morgan fingerprint density at radius 3 is 2.72 bits per heavy atom. The molecule has 1 aromatic heterocycles. The van der Waals surface area contributed by atoms with E-state index < -0.39 is 0 Å². The van der Waals surface area contributed by atoms with Crippen LogP contribution in [0.2, 0.25) is 0 Å². The summed E-state index contributed by atoms with van der Waals surface area (Å²) in [6, 6.07) is 20.8. The van der Waals surface area contributed by atoms with Crippen molar-refractivity contribution in [3.8, 4) is 11.5 Å². The Balaban J connectivity index is 1.49. The first kappa shape index (κ1) is 22.2. The van der Waals surface area contributed by atoms with E-state index in [1.54, 1.807) is 18.2 Å². The molecule has 0 aliphatic rings. The summed E-state index contributed by atoms with van der Waals surface area (Å²) in [7, 11) is 0. The summed E-state index contributed by atoms with van der Waals surface area (Å²) < 4.78 is 6.80. The van der Waals surface area contributed by atoms with Crippen LogP contribution >= 0.6 is 28.1 Å². The summed E-state index contributed by atoms with van der Waals surface area (Å²) in [5.41, 5.74) is 4.90. The quantitative estimate of drug-likeness (QED) is 0.287. The first-order valence-corrected chi connectivity index (χ1v) is 11.5. The molecule has 0 aliphatic carbocycles. The van der Waals surface area contributed by atoms with Crippen LogP contribution < -0.4 is 10.6 Å². The third-order valence-corrected chi connectivity index (χ3v) is 5.97. The van der Waals surface area contributed by atoms with Crippen LogP contribution in [-0.2, 0) is 0 Å². The van der Waals surface area contributed by atoms with Gasteiger partial charge in [-0.2, -0.15) is 0 Å². The zero-order chi connectivity index (χ0) is 22.7. The van der Waals surface area contributed by atoms with Gasteiger partial charge in [0.2, 0.25) is 5.89 Å². The predicted molar refractivity (Wildman–Crippen MR) is 136 cm³/mol. The number of oxazole rings is 1. The highest BCUT2D eigenvalue weighted by Crippen LogP contribution is 2.29. The summed E-state index contributed by atoms with van der Waals surface area (Å²) in [4.78, 5) is 17.1. The van der Waals surface area contributed by atoms with Gasteiger partial charge in [-0.3, -0.25) is 10.1 Å². The molecule has 4 rings (SSSR count). The molecule has 0 aliphatic heterocycles. The van der Waals surface area contributed by atoms with Crippen LogP contribution in [0.15, 0.2) is 75.6 Å². The number of nitrogens with one attached hydrogen (secondary N) is 2. The highest BCUT2D eigenvalue weighted by Gasteiger charge is 2.12. The SMILES string of the molecule is CC[C@H](C)c1ccc2oc(-c3cccc(NC(=S)NC(=O)c4cccc(Br)c4)c3)nc2c1. The molecule has 0 spiro atoms. The molecular formula is C25H22BrN3O2S. The molecule has 2 N–H and O–H groups in total. The number of amides is 1. The summed E-state index contributed by atoms with van der Waals surface area (Å²) in [5.74, 6) is 0.727. The van der Waals surface area contributed by atoms with E-state index in [-0.39, 0.29) is 11.0 Å². The van der Waals surface area contributed by atoms with Crippen LogP contribution in [0.5, 0.6) is 0 Å². The molecule has 162 valence electrons. The van der Waals surface area contributed by atoms with Crippen molar-refractivity contribution in [3.05, 3.63) is 82.3 Å². The van der Waals surface area contributed by atoms with Crippen LogP contribution in [-0.4, -0.2) is 16.0 Å². The smallest absolute Gasteiger partial charge is 0.257 e. The Bertz CT molecular complexity index is 1300. The average Bonchev–Trinajstić information content (AvgIpc) is 3.22. The standard InChI is InChI=1S/C25H22BrN3O2S/c1-3-15(2)16-10-11-22-21(14-16)28-24(31-22)18-7-5-9-20(13-18)27-25(32)29-23(30)17-6-4-8-19(26)12-17/h4-15H,3H2,1-2H3,(H2,27,29,30,32)/t15-/m0/s1. The maximum atomic E-state index is 12.4. The molecule has 0 bridgehead atoms. The summed E-state index contributed by atoms with van der Waals surface area (Å²) in [6.07, 6.45) is 1.07. The first-order chi connectivity index (χ1) is 15.4. The van der Waals surface area contributed by atoms with Crippen molar-refractivity contribution in [1.82, 2.24) is 10.3 Å². The van der Waals surface area contributed by atoms with Crippen molar-refractivity contribution in [2.75, 3.05) is 5.32 Å². The second-order valence-corrected chi connectivity index (χ2v) is 8.88. The molecule has 0 saturated carbocycles. The van der Waals surface area contributed by atoms with Gasteiger partial charge < -0.3 is 9.73 Å². The lowest BCUT2D eigenvalue weighted by atomic mass is 9.98. The van der Waals surface area contributed by atoms with Crippen LogP contribution in [0.4, 0.5) is 5.69 Å². The van der Waals surface area contributed by atoms with Gasteiger partial charge in [0.25, 0.3) is 5.91 Å². The van der Waals surface area contributed by atoms with Crippen LogP contribution in [0.3, 0.4) is 0 Å². The Morgan fingerprint density at radius 2 is 1.94 bits per heavy atom. The minimum Gasteiger partial charge on any atom is -0.436 e. The zero-order valence-corrected chi connectivity index (χ0v) is 20.1. The molecule has 7 heteroatoms. The highest BCUT2D eigenvalue weighted by molar-refractivity contribution is 9.10. The summed E-state index contributed by atoms with van der Waals surface area (Å²) >= 11 is 8.68. The van der Waals surface area contributed by atoms with Crippen LogP contribution in [0.25, 0.3) is 22.6 Å². The van der Waals surface area contributed by atoms with Crippen LogP contribution in [0.1, 0.15) is 42.1 Å². The fourth-order valence-corrected chi connectivity index (χ4v) is 3.92. The molecule has 3 aromatic carbocycles. The van der Waals surface area contributed by atoms with E-state index in [2.05, 4.69) is 57.5 Å². The van der Waals surface area contributed by atoms with Gasteiger partial charge in [0, 0.05) is 21.3 Å². The second-order valence-electron chi connectivity index (χ2n) is 7.55. The number of thiocarbonyl (C=S) groups is 1. The van der Waals surface area contributed by atoms with E-state index in [0.717, 1.165) is 33.2 Å².